The highest BCUT2D eigenvalue weighted by Gasteiger charge is 2.19. The largest absolute Gasteiger partial charge is 0.321 e. The molecule has 0 fully saturated rings. The van der Waals surface area contributed by atoms with Crippen molar-refractivity contribution in [2.24, 2.45) is 5.73 Å². The molecule has 0 spiro atoms. The van der Waals surface area contributed by atoms with Crippen molar-refractivity contribution in [3.8, 4) is 0 Å². The fraction of sp³-hybridized carbons (Fsp3) is 0.429. The van der Waals surface area contributed by atoms with E-state index in [1.807, 2.05) is 13.8 Å². The van der Waals surface area contributed by atoms with Gasteiger partial charge in [-0.05, 0) is 38.1 Å². The van der Waals surface area contributed by atoms with Crippen molar-refractivity contribution >= 4 is 29.6 Å². The molecule has 2 N–H and O–H groups in total. The first-order valence-electron chi connectivity index (χ1n) is 6.32. The first-order chi connectivity index (χ1) is 9.45. The Morgan fingerprint density at radius 3 is 2.50 bits per heavy atom. The number of hydrogen-bond donors (Lipinski definition) is 1. The molecule has 0 aliphatic carbocycles. The third-order valence-electron chi connectivity index (χ3n) is 2.60. The van der Waals surface area contributed by atoms with Crippen LogP contribution in [0.25, 0.3) is 0 Å². The first kappa shape index (κ1) is 16.7. The van der Waals surface area contributed by atoms with Crippen LogP contribution in [0.15, 0.2) is 24.3 Å². The second kappa shape index (κ2) is 8.01. The zero-order valence-corrected chi connectivity index (χ0v) is 12.4. The Labute approximate surface area is 122 Å². The summed E-state index contributed by atoms with van der Waals surface area (Å²) in [6.45, 7) is 3.78. The van der Waals surface area contributed by atoms with E-state index in [9.17, 15) is 14.0 Å². The van der Waals surface area contributed by atoms with Crippen molar-refractivity contribution in [1.82, 2.24) is 0 Å². The highest BCUT2D eigenvalue weighted by Crippen LogP contribution is 2.19. The van der Waals surface area contributed by atoms with Gasteiger partial charge in [0.2, 0.25) is 5.91 Å². The van der Waals surface area contributed by atoms with E-state index in [1.165, 1.54) is 23.9 Å². The molecule has 4 nitrogen and oxygen atoms in total. The number of hydrogen-bond acceptors (Lipinski definition) is 4. The van der Waals surface area contributed by atoms with Crippen molar-refractivity contribution < 1.29 is 14.0 Å². The highest BCUT2D eigenvalue weighted by atomic mass is 32.2. The van der Waals surface area contributed by atoms with Crippen LogP contribution in [0, 0.1) is 5.82 Å². The number of nitrogens with two attached hydrogens (primary N) is 1. The number of halogens is 1. The second-order valence-electron chi connectivity index (χ2n) is 4.65. The quantitative estimate of drug-likeness (QED) is 0.780. The standard InChI is InChI=1S/C14H19FN2O2S/c1-10(2)17(13-5-3-11(15)4-6-13)14(19)9-20-8-12(16)7-18/h3-7,10,12H,8-9,16H2,1-2H3. The van der Waals surface area contributed by atoms with E-state index in [4.69, 9.17) is 5.73 Å². The summed E-state index contributed by atoms with van der Waals surface area (Å²) in [5.41, 5.74) is 6.13. The summed E-state index contributed by atoms with van der Waals surface area (Å²) in [7, 11) is 0. The topological polar surface area (TPSA) is 63.4 Å². The van der Waals surface area contributed by atoms with E-state index in [1.54, 1.807) is 17.0 Å². The molecule has 0 radical (unpaired) electrons. The van der Waals surface area contributed by atoms with Crippen LogP contribution in [-0.4, -0.2) is 35.8 Å². The normalized spacial score (nSPS) is 12.2. The van der Waals surface area contributed by atoms with Gasteiger partial charge in [-0.2, -0.15) is 0 Å². The molecule has 1 rings (SSSR count). The van der Waals surface area contributed by atoms with Crippen LogP contribution in [0.3, 0.4) is 0 Å². The van der Waals surface area contributed by atoms with Gasteiger partial charge in [0.1, 0.15) is 12.1 Å². The van der Waals surface area contributed by atoms with Crippen LogP contribution in [0.2, 0.25) is 0 Å². The fourth-order valence-corrected chi connectivity index (χ4v) is 2.51. The lowest BCUT2D eigenvalue weighted by Gasteiger charge is -2.27. The fourth-order valence-electron chi connectivity index (χ4n) is 1.72. The summed E-state index contributed by atoms with van der Waals surface area (Å²) in [6.07, 6.45) is 0.664. The average molecular weight is 298 g/mol. The number of anilines is 1. The van der Waals surface area contributed by atoms with Gasteiger partial charge < -0.3 is 15.4 Å². The molecule has 1 atom stereocenters. The predicted octanol–water partition coefficient (Wildman–Crippen LogP) is 1.83. The van der Waals surface area contributed by atoms with E-state index in [-0.39, 0.29) is 23.5 Å². The van der Waals surface area contributed by atoms with E-state index >= 15 is 0 Å². The lowest BCUT2D eigenvalue weighted by Crippen LogP contribution is -2.38. The molecule has 0 aliphatic rings. The minimum atomic E-state index is -0.550. The lowest BCUT2D eigenvalue weighted by atomic mass is 10.2. The summed E-state index contributed by atoms with van der Waals surface area (Å²) in [5.74, 6) is 0.216. The smallest absolute Gasteiger partial charge is 0.237 e. The van der Waals surface area contributed by atoms with Crippen LogP contribution in [0.4, 0.5) is 10.1 Å². The number of benzene rings is 1. The molecule has 0 saturated heterocycles. The monoisotopic (exact) mass is 298 g/mol. The summed E-state index contributed by atoms with van der Waals surface area (Å²) in [6, 6.07) is 5.23. The maximum absolute atomic E-state index is 12.9. The Balaban J connectivity index is 2.68. The molecule has 20 heavy (non-hydrogen) atoms. The molecule has 1 aromatic carbocycles. The van der Waals surface area contributed by atoms with E-state index < -0.39 is 6.04 Å². The number of rotatable bonds is 7. The van der Waals surface area contributed by atoms with Gasteiger partial charge in [-0.25, -0.2) is 4.39 Å². The number of thioether (sulfide) groups is 1. The Hall–Kier alpha value is -1.40. The summed E-state index contributed by atoms with van der Waals surface area (Å²) in [5, 5.41) is 0. The molecule has 1 unspecified atom stereocenters. The minimum Gasteiger partial charge on any atom is -0.321 e. The van der Waals surface area contributed by atoms with Crippen molar-refractivity contribution in [3.05, 3.63) is 30.1 Å². The zero-order valence-electron chi connectivity index (χ0n) is 11.6. The molecule has 0 aromatic heterocycles. The van der Waals surface area contributed by atoms with Gasteiger partial charge in [0.25, 0.3) is 0 Å². The molecule has 1 amide bonds. The molecule has 0 aliphatic heterocycles. The predicted molar refractivity (Wildman–Crippen MR) is 80.4 cm³/mol. The van der Waals surface area contributed by atoms with Crippen LogP contribution >= 0.6 is 11.8 Å². The van der Waals surface area contributed by atoms with Crippen LogP contribution in [-0.2, 0) is 9.59 Å². The molecule has 0 heterocycles. The summed E-state index contributed by atoms with van der Waals surface area (Å²) in [4.78, 5) is 24.2. The molecule has 6 heteroatoms. The molecule has 0 bridgehead atoms. The third-order valence-corrected chi connectivity index (χ3v) is 3.67. The third kappa shape index (κ3) is 4.94. The van der Waals surface area contributed by atoms with Gasteiger partial charge in [-0.3, -0.25) is 4.79 Å². The highest BCUT2D eigenvalue weighted by molar-refractivity contribution is 8.00. The molecular formula is C14H19FN2O2S. The number of nitrogens with zero attached hydrogens (tertiary/aromatic N) is 1. The molecule has 1 aromatic rings. The average Bonchev–Trinajstić information content (AvgIpc) is 2.40. The Morgan fingerprint density at radius 2 is 2.00 bits per heavy atom. The maximum atomic E-state index is 12.9. The first-order valence-corrected chi connectivity index (χ1v) is 7.47. The Morgan fingerprint density at radius 1 is 1.40 bits per heavy atom. The number of amides is 1. The van der Waals surface area contributed by atoms with E-state index in [0.29, 0.717) is 17.7 Å². The summed E-state index contributed by atoms with van der Waals surface area (Å²) < 4.78 is 12.9. The minimum absolute atomic E-state index is 0.0340. The van der Waals surface area contributed by atoms with Gasteiger partial charge in [0, 0.05) is 17.5 Å². The van der Waals surface area contributed by atoms with Crippen molar-refractivity contribution in [2.45, 2.75) is 25.9 Å². The Kier molecular flexibility index (Phi) is 6.67. The summed E-state index contributed by atoms with van der Waals surface area (Å²) >= 11 is 1.32. The maximum Gasteiger partial charge on any atom is 0.237 e. The van der Waals surface area contributed by atoms with Crippen molar-refractivity contribution in [3.63, 3.8) is 0 Å². The lowest BCUT2D eigenvalue weighted by molar-refractivity contribution is -0.116. The van der Waals surface area contributed by atoms with Crippen LogP contribution < -0.4 is 10.6 Å². The van der Waals surface area contributed by atoms with Gasteiger partial charge in [0.15, 0.2) is 0 Å². The van der Waals surface area contributed by atoms with Crippen LogP contribution in [0.5, 0.6) is 0 Å². The van der Waals surface area contributed by atoms with Crippen LogP contribution in [0.1, 0.15) is 13.8 Å². The van der Waals surface area contributed by atoms with E-state index in [0.717, 1.165) is 0 Å². The van der Waals surface area contributed by atoms with Crippen molar-refractivity contribution in [1.29, 1.82) is 0 Å². The molecule has 110 valence electrons. The van der Waals surface area contributed by atoms with Crippen molar-refractivity contribution in [2.75, 3.05) is 16.4 Å². The number of carbonyl (C=O) groups excluding carboxylic acids is 2. The SMILES string of the molecule is CC(C)N(C(=O)CSCC(N)C=O)c1ccc(F)cc1. The molecular weight excluding hydrogens is 279 g/mol. The van der Waals surface area contributed by atoms with Gasteiger partial charge in [0.05, 0.1) is 11.8 Å². The zero-order chi connectivity index (χ0) is 15.1. The van der Waals surface area contributed by atoms with Gasteiger partial charge in [-0.15, -0.1) is 11.8 Å². The van der Waals surface area contributed by atoms with E-state index in [2.05, 4.69) is 0 Å². The second-order valence-corrected chi connectivity index (χ2v) is 5.68. The van der Waals surface area contributed by atoms with Gasteiger partial charge >= 0.3 is 0 Å². The number of carbonyl (C=O) groups is 2. The molecule has 0 saturated carbocycles. The van der Waals surface area contributed by atoms with Gasteiger partial charge in [-0.1, -0.05) is 0 Å². The Bertz CT molecular complexity index is 451. The number of aldehydes is 1.